The summed E-state index contributed by atoms with van der Waals surface area (Å²) in [5.41, 5.74) is 3.40. The molecule has 1 heterocycles. The first kappa shape index (κ1) is 21.1. The Balaban J connectivity index is 1.46. The van der Waals surface area contributed by atoms with Gasteiger partial charge in [0, 0.05) is 16.8 Å². The van der Waals surface area contributed by atoms with Crippen LogP contribution in [0.15, 0.2) is 77.3 Å². The molecule has 1 aromatic heterocycles. The third-order valence-corrected chi connectivity index (χ3v) is 4.64. The average molecular weight is 429 g/mol. The van der Waals surface area contributed by atoms with Crippen molar-refractivity contribution in [3.05, 3.63) is 78.4 Å². The number of ether oxygens (including phenoxy) is 2. The highest BCUT2D eigenvalue weighted by Crippen LogP contribution is 2.32. The fourth-order valence-corrected chi connectivity index (χ4v) is 3.05. The Bertz CT molecular complexity index is 1190. The van der Waals surface area contributed by atoms with Crippen LogP contribution in [-0.2, 0) is 4.79 Å². The van der Waals surface area contributed by atoms with E-state index in [2.05, 4.69) is 15.5 Å². The van der Waals surface area contributed by atoms with Crippen molar-refractivity contribution in [1.82, 2.24) is 10.1 Å². The molecule has 0 atom stereocenters. The van der Waals surface area contributed by atoms with Crippen molar-refractivity contribution in [1.29, 1.82) is 0 Å². The van der Waals surface area contributed by atoms with Crippen molar-refractivity contribution in [2.45, 2.75) is 13.8 Å². The zero-order chi connectivity index (χ0) is 22.3. The average Bonchev–Trinajstić information content (AvgIpc) is 3.31. The molecule has 0 aliphatic rings. The number of rotatable bonds is 8. The first-order chi connectivity index (χ1) is 15.6. The van der Waals surface area contributed by atoms with E-state index in [0.717, 1.165) is 22.4 Å². The minimum atomic E-state index is -0.258. The van der Waals surface area contributed by atoms with Crippen LogP contribution >= 0.6 is 0 Å². The Kier molecular flexibility index (Phi) is 6.46. The number of hydrogen-bond acceptors (Lipinski definition) is 6. The summed E-state index contributed by atoms with van der Waals surface area (Å²) < 4.78 is 16.8. The predicted molar refractivity (Wildman–Crippen MR) is 122 cm³/mol. The van der Waals surface area contributed by atoms with E-state index in [1.165, 1.54) is 0 Å². The molecular weight excluding hydrogens is 406 g/mol. The lowest BCUT2D eigenvalue weighted by Gasteiger charge is -2.13. The van der Waals surface area contributed by atoms with Crippen molar-refractivity contribution < 1.29 is 18.8 Å². The van der Waals surface area contributed by atoms with Crippen molar-refractivity contribution in [3.8, 4) is 34.3 Å². The summed E-state index contributed by atoms with van der Waals surface area (Å²) in [4.78, 5) is 16.7. The van der Waals surface area contributed by atoms with Crippen molar-refractivity contribution in [3.63, 3.8) is 0 Å². The van der Waals surface area contributed by atoms with Gasteiger partial charge in [-0.25, -0.2) is 0 Å². The maximum atomic E-state index is 12.3. The highest BCUT2D eigenvalue weighted by atomic mass is 16.5. The van der Waals surface area contributed by atoms with Gasteiger partial charge >= 0.3 is 0 Å². The SMILES string of the molecule is CCOc1cc(-c2noc(-c3ccccc3)n2)ccc1OCC(=O)Nc1ccc(C)cc1. The Morgan fingerprint density at radius 1 is 0.938 bits per heavy atom. The molecule has 32 heavy (non-hydrogen) atoms. The topological polar surface area (TPSA) is 86.5 Å². The molecule has 7 nitrogen and oxygen atoms in total. The van der Waals surface area contributed by atoms with E-state index < -0.39 is 0 Å². The van der Waals surface area contributed by atoms with Crippen LogP contribution < -0.4 is 14.8 Å². The largest absolute Gasteiger partial charge is 0.490 e. The van der Waals surface area contributed by atoms with Crippen LogP contribution in [0, 0.1) is 6.92 Å². The molecule has 162 valence electrons. The van der Waals surface area contributed by atoms with Gasteiger partial charge < -0.3 is 19.3 Å². The summed E-state index contributed by atoms with van der Waals surface area (Å²) in [5, 5.41) is 6.88. The van der Waals surface area contributed by atoms with E-state index in [1.807, 2.05) is 68.4 Å². The van der Waals surface area contributed by atoms with Gasteiger partial charge in [0.2, 0.25) is 5.82 Å². The highest BCUT2D eigenvalue weighted by Gasteiger charge is 2.15. The van der Waals surface area contributed by atoms with Gasteiger partial charge in [0.1, 0.15) is 0 Å². The molecule has 0 aliphatic heterocycles. The Morgan fingerprint density at radius 2 is 1.72 bits per heavy atom. The smallest absolute Gasteiger partial charge is 0.262 e. The fourth-order valence-electron chi connectivity index (χ4n) is 3.05. The molecule has 0 bridgehead atoms. The van der Waals surface area contributed by atoms with Gasteiger partial charge in [0.25, 0.3) is 11.8 Å². The lowest BCUT2D eigenvalue weighted by atomic mass is 10.2. The first-order valence-corrected chi connectivity index (χ1v) is 10.3. The number of anilines is 1. The first-order valence-electron chi connectivity index (χ1n) is 10.3. The summed E-state index contributed by atoms with van der Waals surface area (Å²) in [5.74, 6) is 1.58. The van der Waals surface area contributed by atoms with Crippen molar-refractivity contribution >= 4 is 11.6 Å². The summed E-state index contributed by atoms with van der Waals surface area (Å²) in [6, 6.07) is 22.4. The van der Waals surface area contributed by atoms with Gasteiger partial charge in [0.05, 0.1) is 6.61 Å². The molecule has 7 heteroatoms. The molecule has 0 spiro atoms. The third-order valence-electron chi connectivity index (χ3n) is 4.64. The van der Waals surface area contributed by atoms with Crippen LogP contribution in [0.4, 0.5) is 5.69 Å². The van der Waals surface area contributed by atoms with Crippen LogP contribution in [0.3, 0.4) is 0 Å². The Labute approximate surface area is 186 Å². The zero-order valence-electron chi connectivity index (χ0n) is 17.9. The molecule has 1 N–H and O–H groups in total. The van der Waals surface area contributed by atoms with E-state index in [1.54, 1.807) is 18.2 Å². The van der Waals surface area contributed by atoms with Crippen molar-refractivity contribution in [2.24, 2.45) is 0 Å². The summed E-state index contributed by atoms with van der Waals surface area (Å²) >= 11 is 0. The van der Waals surface area contributed by atoms with Crippen molar-refractivity contribution in [2.75, 3.05) is 18.5 Å². The molecule has 3 aromatic carbocycles. The van der Waals surface area contributed by atoms with E-state index in [9.17, 15) is 4.79 Å². The number of carbonyl (C=O) groups excluding carboxylic acids is 1. The van der Waals surface area contributed by atoms with Gasteiger partial charge in [-0.05, 0) is 56.3 Å². The number of nitrogens with one attached hydrogen (secondary N) is 1. The van der Waals surface area contributed by atoms with Gasteiger partial charge in [0.15, 0.2) is 18.1 Å². The number of nitrogens with zero attached hydrogens (tertiary/aromatic N) is 2. The van der Waals surface area contributed by atoms with Crippen LogP contribution in [-0.4, -0.2) is 29.3 Å². The molecule has 0 unspecified atom stereocenters. The standard InChI is InChI=1S/C25H23N3O4/c1-3-30-22-15-19(24-27-25(32-28-24)18-7-5-4-6-8-18)11-14-21(22)31-16-23(29)26-20-12-9-17(2)10-13-20/h4-15H,3,16H2,1-2H3,(H,26,29). The monoisotopic (exact) mass is 429 g/mol. The molecular formula is C25H23N3O4. The second-order valence-corrected chi connectivity index (χ2v) is 7.09. The zero-order valence-corrected chi connectivity index (χ0v) is 17.9. The summed E-state index contributed by atoms with van der Waals surface area (Å²) in [6.07, 6.45) is 0. The molecule has 4 rings (SSSR count). The number of aromatic nitrogens is 2. The molecule has 4 aromatic rings. The fraction of sp³-hybridized carbons (Fsp3) is 0.160. The number of hydrogen-bond donors (Lipinski definition) is 1. The minimum Gasteiger partial charge on any atom is -0.490 e. The van der Waals surface area contributed by atoms with E-state index in [0.29, 0.717) is 29.8 Å². The van der Waals surface area contributed by atoms with Gasteiger partial charge in [-0.1, -0.05) is 41.1 Å². The van der Waals surface area contributed by atoms with E-state index in [-0.39, 0.29) is 12.5 Å². The number of aryl methyl sites for hydroxylation is 1. The molecule has 0 fully saturated rings. The van der Waals surface area contributed by atoms with Gasteiger partial charge in [-0.15, -0.1) is 0 Å². The Hall–Kier alpha value is -4.13. The third kappa shape index (κ3) is 5.13. The van der Waals surface area contributed by atoms with Crippen LogP contribution in [0.25, 0.3) is 22.8 Å². The maximum Gasteiger partial charge on any atom is 0.262 e. The maximum absolute atomic E-state index is 12.3. The van der Waals surface area contributed by atoms with Crippen LogP contribution in [0.5, 0.6) is 11.5 Å². The summed E-state index contributed by atoms with van der Waals surface area (Å²) in [6.45, 7) is 4.16. The predicted octanol–water partition coefficient (Wildman–Crippen LogP) is 5.13. The molecule has 0 saturated heterocycles. The number of carbonyl (C=O) groups is 1. The molecule has 0 saturated carbocycles. The number of benzene rings is 3. The Morgan fingerprint density at radius 3 is 2.47 bits per heavy atom. The second kappa shape index (κ2) is 9.78. The van der Waals surface area contributed by atoms with Gasteiger partial charge in [-0.3, -0.25) is 4.79 Å². The molecule has 1 amide bonds. The quantitative estimate of drug-likeness (QED) is 0.418. The van der Waals surface area contributed by atoms with Crippen LogP contribution in [0.1, 0.15) is 12.5 Å². The minimum absolute atomic E-state index is 0.145. The summed E-state index contributed by atoms with van der Waals surface area (Å²) in [7, 11) is 0. The number of amides is 1. The highest BCUT2D eigenvalue weighted by molar-refractivity contribution is 5.91. The second-order valence-electron chi connectivity index (χ2n) is 7.09. The van der Waals surface area contributed by atoms with Crippen LogP contribution in [0.2, 0.25) is 0 Å². The van der Waals surface area contributed by atoms with E-state index >= 15 is 0 Å². The molecule has 0 radical (unpaired) electrons. The lowest BCUT2D eigenvalue weighted by Crippen LogP contribution is -2.20. The van der Waals surface area contributed by atoms with E-state index in [4.69, 9.17) is 14.0 Å². The normalized spacial score (nSPS) is 10.6. The lowest BCUT2D eigenvalue weighted by molar-refractivity contribution is -0.118. The van der Waals surface area contributed by atoms with Gasteiger partial charge in [-0.2, -0.15) is 4.98 Å². The molecule has 0 aliphatic carbocycles.